The van der Waals surface area contributed by atoms with Crippen molar-refractivity contribution in [3.8, 4) is 0 Å². The summed E-state index contributed by atoms with van der Waals surface area (Å²) in [7, 11) is 0. The lowest BCUT2D eigenvalue weighted by Crippen LogP contribution is -2.15. The maximum absolute atomic E-state index is 13.3. The Morgan fingerprint density at radius 3 is 2.65 bits per heavy atom. The van der Waals surface area contributed by atoms with Crippen molar-refractivity contribution in [1.82, 2.24) is 14.9 Å². The molecule has 0 radical (unpaired) electrons. The first-order chi connectivity index (χ1) is 11.2. The molecule has 3 aromatic rings. The van der Waals surface area contributed by atoms with Gasteiger partial charge in [0.05, 0.1) is 6.33 Å². The summed E-state index contributed by atoms with van der Waals surface area (Å²) in [6.45, 7) is 4.11. The molecule has 23 heavy (non-hydrogen) atoms. The van der Waals surface area contributed by atoms with E-state index in [0.717, 1.165) is 25.2 Å². The van der Waals surface area contributed by atoms with Gasteiger partial charge < -0.3 is 9.88 Å². The molecular weight excluding hydrogens is 289 g/mol. The van der Waals surface area contributed by atoms with Crippen molar-refractivity contribution in [2.75, 3.05) is 0 Å². The topological polar surface area (TPSA) is 29.9 Å². The Labute approximate surface area is 135 Å². The number of hydrogen-bond acceptors (Lipinski definition) is 2. The lowest BCUT2D eigenvalue weighted by atomic mass is 10.1. The van der Waals surface area contributed by atoms with E-state index in [0.29, 0.717) is 5.56 Å². The fraction of sp³-hybridized carbons (Fsp3) is 0.211. The number of imidazole rings is 1. The summed E-state index contributed by atoms with van der Waals surface area (Å²) in [5.74, 6) is -0.153. The van der Waals surface area contributed by atoms with Crippen LogP contribution in [0.1, 0.15) is 22.3 Å². The summed E-state index contributed by atoms with van der Waals surface area (Å²) >= 11 is 0. The molecule has 0 saturated heterocycles. The molecule has 0 aliphatic heterocycles. The molecule has 1 heterocycles. The van der Waals surface area contributed by atoms with Crippen molar-refractivity contribution in [2.45, 2.75) is 26.6 Å². The Bertz CT molecular complexity index is 766. The van der Waals surface area contributed by atoms with E-state index < -0.39 is 0 Å². The van der Waals surface area contributed by atoms with Gasteiger partial charge in [0.15, 0.2) is 0 Å². The monoisotopic (exact) mass is 309 g/mol. The molecule has 0 unspecified atom stereocenters. The predicted molar refractivity (Wildman–Crippen MR) is 89.5 cm³/mol. The van der Waals surface area contributed by atoms with Gasteiger partial charge in [0, 0.05) is 32.0 Å². The van der Waals surface area contributed by atoms with Crippen molar-refractivity contribution in [1.29, 1.82) is 0 Å². The zero-order valence-corrected chi connectivity index (χ0v) is 13.2. The van der Waals surface area contributed by atoms with Crippen molar-refractivity contribution < 1.29 is 4.39 Å². The van der Waals surface area contributed by atoms with E-state index in [-0.39, 0.29) is 5.82 Å². The van der Waals surface area contributed by atoms with Crippen molar-refractivity contribution in [3.63, 3.8) is 0 Å². The average molecular weight is 309 g/mol. The number of rotatable bonds is 6. The Morgan fingerprint density at radius 1 is 1.09 bits per heavy atom. The number of aryl methyl sites for hydroxylation is 1. The third-order valence-electron chi connectivity index (χ3n) is 3.90. The molecule has 0 aliphatic rings. The number of benzene rings is 2. The number of aromatic nitrogens is 2. The molecule has 0 spiro atoms. The lowest BCUT2D eigenvalue weighted by Gasteiger charge is -2.11. The fourth-order valence-electron chi connectivity index (χ4n) is 2.62. The Morgan fingerprint density at radius 2 is 1.91 bits per heavy atom. The number of halogens is 1. The first kappa shape index (κ1) is 15.4. The molecule has 0 fully saturated rings. The van der Waals surface area contributed by atoms with Gasteiger partial charge in [-0.25, -0.2) is 9.37 Å². The third-order valence-corrected chi connectivity index (χ3v) is 3.90. The maximum Gasteiger partial charge on any atom is 0.126 e. The van der Waals surface area contributed by atoms with E-state index in [1.807, 2.05) is 24.7 Å². The van der Waals surface area contributed by atoms with Crippen LogP contribution in [0.5, 0.6) is 0 Å². The van der Waals surface area contributed by atoms with Crippen LogP contribution < -0.4 is 5.32 Å². The minimum Gasteiger partial charge on any atom is -0.333 e. The first-order valence-corrected chi connectivity index (χ1v) is 7.70. The summed E-state index contributed by atoms with van der Waals surface area (Å²) < 4.78 is 15.3. The van der Waals surface area contributed by atoms with E-state index in [1.54, 1.807) is 13.1 Å². The SMILES string of the molecule is Cc1cc(CNCc2ccccc2Cn2ccnc2)ccc1F. The molecule has 118 valence electrons. The average Bonchev–Trinajstić information content (AvgIpc) is 3.05. The summed E-state index contributed by atoms with van der Waals surface area (Å²) in [6.07, 6.45) is 5.58. The molecule has 0 saturated carbocycles. The smallest absolute Gasteiger partial charge is 0.126 e. The van der Waals surface area contributed by atoms with Gasteiger partial charge in [-0.15, -0.1) is 0 Å². The van der Waals surface area contributed by atoms with Crippen molar-refractivity contribution in [3.05, 3.63) is 89.3 Å². The van der Waals surface area contributed by atoms with Gasteiger partial charge >= 0.3 is 0 Å². The number of nitrogens with one attached hydrogen (secondary N) is 1. The highest BCUT2D eigenvalue weighted by Crippen LogP contribution is 2.12. The van der Waals surface area contributed by atoms with Gasteiger partial charge in [0.2, 0.25) is 0 Å². The molecule has 1 N–H and O–H groups in total. The minimum absolute atomic E-state index is 0.153. The highest BCUT2D eigenvalue weighted by molar-refractivity contribution is 5.28. The van der Waals surface area contributed by atoms with Gasteiger partial charge in [-0.05, 0) is 35.2 Å². The van der Waals surface area contributed by atoms with Crippen LogP contribution >= 0.6 is 0 Å². The summed E-state index contributed by atoms with van der Waals surface area (Å²) in [5.41, 5.74) is 4.31. The molecule has 1 aromatic heterocycles. The van der Waals surface area contributed by atoms with Gasteiger partial charge in [-0.1, -0.05) is 36.4 Å². The third kappa shape index (κ3) is 4.05. The fourth-order valence-corrected chi connectivity index (χ4v) is 2.62. The second-order valence-electron chi connectivity index (χ2n) is 5.69. The predicted octanol–water partition coefficient (Wildman–Crippen LogP) is 3.67. The highest BCUT2D eigenvalue weighted by Gasteiger charge is 2.03. The van der Waals surface area contributed by atoms with Crippen LogP contribution in [0.2, 0.25) is 0 Å². The van der Waals surface area contributed by atoms with Gasteiger partial charge in [0.25, 0.3) is 0 Å². The Balaban J connectivity index is 1.62. The van der Waals surface area contributed by atoms with Crippen LogP contribution in [0.25, 0.3) is 0 Å². The van der Waals surface area contributed by atoms with Crippen LogP contribution in [0.4, 0.5) is 4.39 Å². The van der Waals surface area contributed by atoms with Gasteiger partial charge in [-0.2, -0.15) is 0 Å². The Kier molecular flexibility index (Phi) is 4.83. The quantitative estimate of drug-likeness (QED) is 0.753. The molecule has 3 nitrogen and oxygen atoms in total. The zero-order chi connectivity index (χ0) is 16.1. The second kappa shape index (κ2) is 7.20. The minimum atomic E-state index is -0.153. The zero-order valence-electron chi connectivity index (χ0n) is 13.2. The lowest BCUT2D eigenvalue weighted by molar-refractivity contribution is 0.615. The second-order valence-corrected chi connectivity index (χ2v) is 5.69. The summed E-state index contributed by atoms with van der Waals surface area (Å²) in [6, 6.07) is 13.6. The summed E-state index contributed by atoms with van der Waals surface area (Å²) in [4.78, 5) is 4.08. The van der Waals surface area contributed by atoms with Crippen LogP contribution in [0.15, 0.2) is 61.2 Å². The van der Waals surface area contributed by atoms with E-state index in [9.17, 15) is 4.39 Å². The van der Waals surface area contributed by atoms with Crippen molar-refractivity contribution >= 4 is 0 Å². The maximum atomic E-state index is 13.3. The number of nitrogens with zero attached hydrogens (tertiary/aromatic N) is 2. The van der Waals surface area contributed by atoms with E-state index in [4.69, 9.17) is 0 Å². The molecule has 3 rings (SSSR count). The van der Waals surface area contributed by atoms with E-state index in [2.05, 4.69) is 39.1 Å². The normalized spacial score (nSPS) is 10.9. The first-order valence-electron chi connectivity index (χ1n) is 7.70. The molecule has 2 aromatic carbocycles. The van der Waals surface area contributed by atoms with E-state index >= 15 is 0 Å². The highest BCUT2D eigenvalue weighted by atomic mass is 19.1. The van der Waals surface area contributed by atoms with Crippen LogP contribution in [0, 0.1) is 12.7 Å². The molecule has 0 aliphatic carbocycles. The van der Waals surface area contributed by atoms with Gasteiger partial charge in [0.1, 0.15) is 5.82 Å². The summed E-state index contributed by atoms with van der Waals surface area (Å²) in [5, 5.41) is 3.44. The molecule has 0 atom stereocenters. The largest absolute Gasteiger partial charge is 0.333 e. The van der Waals surface area contributed by atoms with E-state index in [1.165, 1.54) is 17.2 Å². The van der Waals surface area contributed by atoms with Gasteiger partial charge in [-0.3, -0.25) is 0 Å². The number of hydrogen-bond donors (Lipinski definition) is 1. The van der Waals surface area contributed by atoms with Crippen LogP contribution in [0.3, 0.4) is 0 Å². The molecule has 0 amide bonds. The molecule has 0 bridgehead atoms. The van der Waals surface area contributed by atoms with Crippen molar-refractivity contribution in [2.24, 2.45) is 0 Å². The molecule has 4 heteroatoms. The molecular formula is C19H20FN3. The standard InChI is InChI=1S/C19H20FN3/c1-15-10-16(6-7-19(15)20)11-22-12-17-4-2-3-5-18(17)13-23-9-8-21-14-23/h2-10,14,22H,11-13H2,1H3. The van der Waals surface area contributed by atoms with Crippen LogP contribution in [-0.2, 0) is 19.6 Å². The Hall–Kier alpha value is -2.46. The van der Waals surface area contributed by atoms with Crippen LogP contribution in [-0.4, -0.2) is 9.55 Å².